The van der Waals surface area contributed by atoms with E-state index in [1.807, 2.05) is 30.3 Å². The van der Waals surface area contributed by atoms with E-state index in [-0.39, 0.29) is 0 Å². The van der Waals surface area contributed by atoms with Crippen LogP contribution in [0, 0.1) is 6.07 Å². The fraction of sp³-hybridized carbons (Fsp3) is 0. The average molecular weight is 205 g/mol. The molecule has 2 nitrogen and oxygen atoms in total. The molecule has 1 aromatic carbocycles. The summed E-state index contributed by atoms with van der Waals surface area (Å²) in [6, 6.07) is 18.7. The van der Waals surface area contributed by atoms with Crippen LogP contribution in [0.25, 0.3) is 22.3 Å². The van der Waals surface area contributed by atoms with E-state index in [1.54, 1.807) is 12.3 Å². The van der Waals surface area contributed by atoms with Crippen molar-refractivity contribution in [3.8, 4) is 11.4 Å². The van der Waals surface area contributed by atoms with Crippen LogP contribution in [-0.2, 0) is 0 Å². The average Bonchev–Trinajstić information content (AvgIpc) is 2.39. The molecule has 0 aliphatic rings. The van der Waals surface area contributed by atoms with Gasteiger partial charge in [0.25, 0.3) is 0 Å². The van der Waals surface area contributed by atoms with Gasteiger partial charge in [-0.3, -0.25) is 4.98 Å². The first-order valence-electron chi connectivity index (χ1n) is 5.12. The van der Waals surface area contributed by atoms with Gasteiger partial charge in [-0.25, -0.2) is 4.98 Å². The Morgan fingerprint density at radius 2 is 1.88 bits per heavy atom. The molecule has 75 valence electrons. The molecule has 3 aromatic rings. The first-order chi connectivity index (χ1) is 7.93. The molecular formula is C14H9N2. The van der Waals surface area contributed by atoms with Gasteiger partial charge in [0, 0.05) is 11.6 Å². The molecule has 2 heterocycles. The second kappa shape index (κ2) is 3.74. The Hall–Kier alpha value is -2.22. The molecule has 0 N–H and O–H groups in total. The van der Waals surface area contributed by atoms with Crippen LogP contribution in [0.2, 0.25) is 0 Å². The molecule has 0 saturated heterocycles. The Labute approximate surface area is 93.6 Å². The summed E-state index contributed by atoms with van der Waals surface area (Å²) in [7, 11) is 0. The van der Waals surface area contributed by atoms with Crippen molar-refractivity contribution in [3.63, 3.8) is 0 Å². The highest BCUT2D eigenvalue weighted by molar-refractivity contribution is 5.80. The summed E-state index contributed by atoms with van der Waals surface area (Å²) < 4.78 is 0. The number of rotatable bonds is 1. The van der Waals surface area contributed by atoms with E-state index in [4.69, 9.17) is 0 Å². The molecule has 16 heavy (non-hydrogen) atoms. The highest BCUT2D eigenvalue weighted by Crippen LogP contribution is 2.18. The lowest BCUT2D eigenvalue weighted by atomic mass is 10.2. The fourth-order valence-electron chi connectivity index (χ4n) is 1.67. The molecule has 0 bridgehead atoms. The molecule has 2 heteroatoms. The summed E-state index contributed by atoms with van der Waals surface area (Å²) in [4.78, 5) is 8.83. The summed E-state index contributed by atoms with van der Waals surface area (Å²) in [5, 5.41) is 1.14. The molecule has 3 rings (SSSR count). The molecule has 2 aromatic heterocycles. The third-order valence-electron chi connectivity index (χ3n) is 2.47. The number of fused-ring (bicyclic) bond motifs is 1. The lowest BCUT2D eigenvalue weighted by molar-refractivity contribution is 1.27. The molecule has 0 spiro atoms. The first kappa shape index (κ1) is 9.04. The Balaban J connectivity index is 2.19. The Morgan fingerprint density at radius 3 is 2.75 bits per heavy atom. The topological polar surface area (TPSA) is 25.8 Å². The van der Waals surface area contributed by atoms with Gasteiger partial charge >= 0.3 is 0 Å². The van der Waals surface area contributed by atoms with Crippen LogP contribution in [0.3, 0.4) is 0 Å². The van der Waals surface area contributed by atoms with Crippen molar-refractivity contribution in [3.05, 3.63) is 60.8 Å². The second-order valence-corrected chi connectivity index (χ2v) is 3.53. The quantitative estimate of drug-likeness (QED) is 0.610. The van der Waals surface area contributed by atoms with Crippen molar-refractivity contribution < 1.29 is 0 Å². The van der Waals surface area contributed by atoms with Gasteiger partial charge in [-0.1, -0.05) is 24.3 Å². The monoisotopic (exact) mass is 205 g/mol. The predicted molar refractivity (Wildman–Crippen MR) is 63.8 cm³/mol. The zero-order chi connectivity index (χ0) is 10.8. The first-order valence-corrected chi connectivity index (χ1v) is 5.12. The van der Waals surface area contributed by atoms with E-state index in [2.05, 4.69) is 28.2 Å². The standard InChI is InChI=1S/C14H9N2/c1-2-6-12-11(5-1)8-9-14(16-12)13-7-3-4-10-15-13/h1-2,4-10H. The molecule has 0 amide bonds. The molecule has 0 atom stereocenters. The molecule has 0 aliphatic heterocycles. The maximum Gasteiger partial charge on any atom is 0.0894 e. The largest absolute Gasteiger partial charge is 0.255 e. The van der Waals surface area contributed by atoms with Crippen molar-refractivity contribution in [1.82, 2.24) is 9.97 Å². The van der Waals surface area contributed by atoms with Gasteiger partial charge < -0.3 is 0 Å². The van der Waals surface area contributed by atoms with E-state index in [0.29, 0.717) is 0 Å². The van der Waals surface area contributed by atoms with E-state index >= 15 is 0 Å². The van der Waals surface area contributed by atoms with Crippen LogP contribution < -0.4 is 0 Å². The lowest BCUT2D eigenvalue weighted by Gasteiger charge is -2.01. The van der Waals surface area contributed by atoms with Crippen LogP contribution in [-0.4, -0.2) is 9.97 Å². The number of aromatic nitrogens is 2. The van der Waals surface area contributed by atoms with Gasteiger partial charge in [0.1, 0.15) is 0 Å². The molecule has 0 fully saturated rings. The number of hydrogen-bond acceptors (Lipinski definition) is 2. The number of pyridine rings is 2. The minimum absolute atomic E-state index is 0.855. The smallest absolute Gasteiger partial charge is 0.0894 e. The normalized spacial score (nSPS) is 10.5. The van der Waals surface area contributed by atoms with Crippen LogP contribution in [0.1, 0.15) is 0 Å². The highest BCUT2D eigenvalue weighted by Gasteiger charge is 2.00. The Kier molecular flexibility index (Phi) is 2.11. The third-order valence-corrected chi connectivity index (χ3v) is 2.47. The Morgan fingerprint density at radius 1 is 0.938 bits per heavy atom. The third kappa shape index (κ3) is 1.54. The van der Waals surface area contributed by atoms with Gasteiger partial charge in [-0.2, -0.15) is 0 Å². The summed E-state index contributed by atoms with van der Waals surface area (Å²) in [5.74, 6) is 0. The van der Waals surface area contributed by atoms with E-state index < -0.39 is 0 Å². The van der Waals surface area contributed by atoms with Gasteiger partial charge in [0.2, 0.25) is 0 Å². The zero-order valence-electron chi connectivity index (χ0n) is 8.59. The fourth-order valence-corrected chi connectivity index (χ4v) is 1.67. The molecule has 0 unspecified atom stereocenters. The van der Waals surface area contributed by atoms with Gasteiger partial charge in [-0.15, -0.1) is 0 Å². The SMILES string of the molecule is [c]1ccnc(-c2ccc3ccccc3n2)c1. The van der Waals surface area contributed by atoms with Crippen LogP contribution in [0.15, 0.2) is 54.7 Å². The van der Waals surface area contributed by atoms with E-state index in [1.165, 1.54) is 0 Å². The van der Waals surface area contributed by atoms with Crippen molar-refractivity contribution >= 4 is 10.9 Å². The van der Waals surface area contributed by atoms with Crippen LogP contribution >= 0.6 is 0 Å². The molecule has 0 aliphatic carbocycles. The number of benzene rings is 1. The lowest BCUT2D eigenvalue weighted by Crippen LogP contribution is -1.87. The predicted octanol–water partition coefficient (Wildman–Crippen LogP) is 3.10. The second-order valence-electron chi connectivity index (χ2n) is 3.53. The van der Waals surface area contributed by atoms with Crippen LogP contribution in [0.4, 0.5) is 0 Å². The number of nitrogens with zero attached hydrogens (tertiary/aromatic N) is 2. The minimum atomic E-state index is 0.855. The highest BCUT2D eigenvalue weighted by atomic mass is 14.8. The summed E-state index contributed by atoms with van der Waals surface area (Å²) in [5.41, 5.74) is 2.73. The van der Waals surface area contributed by atoms with Gasteiger partial charge in [0.15, 0.2) is 0 Å². The van der Waals surface area contributed by atoms with Crippen molar-refractivity contribution in [2.45, 2.75) is 0 Å². The van der Waals surface area contributed by atoms with Crippen molar-refractivity contribution in [2.24, 2.45) is 0 Å². The van der Waals surface area contributed by atoms with E-state index in [9.17, 15) is 0 Å². The van der Waals surface area contributed by atoms with Gasteiger partial charge in [0.05, 0.1) is 16.9 Å². The van der Waals surface area contributed by atoms with Crippen molar-refractivity contribution in [1.29, 1.82) is 0 Å². The van der Waals surface area contributed by atoms with Gasteiger partial charge in [-0.05, 0) is 30.3 Å². The Bertz CT molecular complexity index is 618. The number of hydrogen-bond donors (Lipinski definition) is 0. The molecule has 1 radical (unpaired) electrons. The molecule has 0 saturated carbocycles. The maximum absolute atomic E-state index is 4.56. The number of para-hydroxylation sites is 1. The minimum Gasteiger partial charge on any atom is -0.255 e. The van der Waals surface area contributed by atoms with Crippen molar-refractivity contribution in [2.75, 3.05) is 0 Å². The summed E-state index contributed by atoms with van der Waals surface area (Å²) in [6.45, 7) is 0. The van der Waals surface area contributed by atoms with E-state index in [0.717, 1.165) is 22.3 Å². The maximum atomic E-state index is 4.56. The zero-order valence-corrected chi connectivity index (χ0v) is 8.59. The molecular weight excluding hydrogens is 196 g/mol. The van der Waals surface area contributed by atoms with Crippen LogP contribution in [0.5, 0.6) is 0 Å². The summed E-state index contributed by atoms with van der Waals surface area (Å²) >= 11 is 0. The summed E-state index contributed by atoms with van der Waals surface area (Å²) in [6.07, 6.45) is 1.73.